The van der Waals surface area contributed by atoms with Crippen LogP contribution in [0.4, 0.5) is 0 Å². The summed E-state index contributed by atoms with van der Waals surface area (Å²) in [7, 11) is 0. The minimum Gasteiger partial charge on any atom is -1.00 e. The van der Waals surface area contributed by atoms with Crippen molar-refractivity contribution >= 4 is 18.6 Å². The Balaban J connectivity index is -0.000000333. The van der Waals surface area contributed by atoms with E-state index in [2.05, 4.69) is 12.6 Å². The fourth-order valence-corrected chi connectivity index (χ4v) is 0.911. The van der Waals surface area contributed by atoms with E-state index in [4.69, 9.17) is 5.11 Å². The average molecular weight is 194 g/mol. The third-order valence-electron chi connectivity index (χ3n) is 1.13. The van der Waals surface area contributed by atoms with Crippen LogP contribution in [0, 0.1) is 0 Å². The minimum atomic E-state index is -0.939. The molecule has 0 saturated heterocycles. The molecule has 1 rings (SSSR count). The van der Waals surface area contributed by atoms with Crippen LogP contribution in [0.15, 0.2) is 29.2 Å². The zero-order valence-electron chi connectivity index (χ0n) is 7.11. The van der Waals surface area contributed by atoms with Gasteiger partial charge in [-0.15, -0.1) is 12.6 Å². The fourth-order valence-electron chi connectivity index (χ4n) is 0.654. The second-order valence-corrected chi connectivity index (χ2v) is 2.30. The zero-order chi connectivity index (χ0) is 7.56. The van der Waals surface area contributed by atoms with Crippen molar-refractivity contribution in [2.45, 2.75) is 12.3 Å². The Morgan fingerprint density at radius 3 is 2.25 bits per heavy atom. The zero-order valence-corrected chi connectivity index (χ0v) is 9.01. The molecule has 0 unspecified atom stereocenters. The van der Waals surface area contributed by atoms with Crippen molar-refractivity contribution in [2.75, 3.05) is 0 Å². The van der Waals surface area contributed by atoms with Gasteiger partial charge in [0.2, 0.25) is 0 Å². The molecule has 62 valence electrons. The maximum Gasteiger partial charge on any atom is 1.00 e. The van der Waals surface area contributed by atoms with Crippen LogP contribution in [0.5, 0.6) is 0 Å². The molecule has 12 heavy (non-hydrogen) atoms. The van der Waals surface area contributed by atoms with Crippen LogP contribution < -0.4 is 29.6 Å². The number of hydrogen-bond acceptors (Lipinski definition) is 2. The van der Waals surface area contributed by atoms with Crippen molar-refractivity contribution < 1.29 is 40.9 Å². The van der Waals surface area contributed by atoms with Crippen LogP contribution in [-0.2, 0) is 0 Å². The van der Waals surface area contributed by atoms with Gasteiger partial charge in [-0.05, 0) is 12.1 Å². The van der Waals surface area contributed by atoms with Gasteiger partial charge in [0.15, 0.2) is 0 Å². The molecule has 0 bridgehead atoms. The monoisotopic (exact) mass is 194 g/mol. The quantitative estimate of drug-likeness (QED) is 0.464. The molecule has 0 aromatic heterocycles. The summed E-state index contributed by atoms with van der Waals surface area (Å²) in [5, 5.41) is 8.52. The molecule has 1 aromatic carbocycles. The predicted octanol–water partition coefficient (Wildman–Crippen LogP) is -0.574. The first-order valence-corrected chi connectivity index (χ1v) is 3.18. The van der Waals surface area contributed by atoms with Gasteiger partial charge < -0.3 is 6.53 Å². The predicted molar refractivity (Wildman–Crippen MR) is 48.5 cm³/mol. The second kappa shape index (κ2) is 6.54. The summed E-state index contributed by atoms with van der Waals surface area (Å²) in [4.78, 5) is 10.9. The number of rotatable bonds is 1. The largest absolute Gasteiger partial charge is 1.00 e. The smallest absolute Gasteiger partial charge is 1.00 e. The number of carboxylic acids is 1. The molecule has 4 heteroatoms. The van der Waals surface area contributed by atoms with Crippen LogP contribution in [0.25, 0.3) is 0 Å². The SMILES string of the molecule is C.O=C(O)c1ccccc1S.[H-].[Na+]. The standard InChI is InChI=1S/C7H6O2S.CH4.Na.H/c8-7(9)5-3-1-2-4-6(5)10;;;/h1-4,10H,(H,8,9);1H4;;/q;;+1;-1. The molecular formula is C8H11NaO2S. The van der Waals surface area contributed by atoms with Crippen molar-refractivity contribution in [3.63, 3.8) is 0 Å². The maximum atomic E-state index is 10.4. The first kappa shape index (κ1) is 14.6. The first-order valence-electron chi connectivity index (χ1n) is 2.73. The summed E-state index contributed by atoms with van der Waals surface area (Å²) < 4.78 is 0. The van der Waals surface area contributed by atoms with Gasteiger partial charge in [-0.3, -0.25) is 0 Å². The van der Waals surface area contributed by atoms with E-state index in [9.17, 15) is 4.79 Å². The van der Waals surface area contributed by atoms with Gasteiger partial charge in [0.1, 0.15) is 0 Å². The van der Waals surface area contributed by atoms with Gasteiger partial charge in [0.05, 0.1) is 5.56 Å². The van der Waals surface area contributed by atoms with E-state index in [1.54, 1.807) is 18.2 Å². The summed E-state index contributed by atoms with van der Waals surface area (Å²) in [5.74, 6) is -0.939. The van der Waals surface area contributed by atoms with Crippen molar-refractivity contribution in [3.05, 3.63) is 29.8 Å². The van der Waals surface area contributed by atoms with Crippen molar-refractivity contribution in [3.8, 4) is 0 Å². The molecule has 0 radical (unpaired) electrons. The van der Waals surface area contributed by atoms with E-state index in [1.807, 2.05) is 0 Å². The summed E-state index contributed by atoms with van der Waals surface area (Å²) in [6.07, 6.45) is 0. The molecule has 1 N–H and O–H groups in total. The van der Waals surface area contributed by atoms with E-state index in [1.165, 1.54) is 6.07 Å². The average Bonchev–Trinajstić information content (AvgIpc) is 1.88. The Hall–Kier alpha value is 0.0400. The van der Waals surface area contributed by atoms with Crippen molar-refractivity contribution in [1.29, 1.82) is 0 Å². The molecule has 1 aromatic rings. The molecule has 0 aliphatic heterocycles. The molecule has 0 aliphatic carbocycles. The van der Waals surface area contributed by atoms with Crippen LogP contribution in [0.3, 0.4) is 0 Å². The summed E-state index contributed by atoms with van der Waals surface area (Å²) >= 11 is 3.96. The molecular weight excluding hydrogens is 183 g/mol. The molecule has 0 spiro atoms. The van der Waals surface area contributed by atoms with E-state index >= 15 is 0 Å². The van der Waals surface area contributed by atoms with Crippen LogP contribution in [0.1, 0.15) is 19.2 Å². The molecule has 0 aliphatic rings. The Kier molecular flexibility index (Phi) is 7.94. The van der Waals surface area contributed by atoms with Gasteiger partial charge in [0, 0.05) is 4.90 Å². The summed E-state index contributed by atoms with van der Waals surface area (Å²) in [5.41, 5.74) is 0.242. The normalized spacial score (nSPS) is 7.75. The number of carboxylic acid groups (broad SMARTS) is 1. The van der Waals surface area contributed by atoms with Gasteiger partial charge in [0.25, 0.3) is 0 Å². The first-order chi connectivity index (χ1) is 4.72. The Morgan fingerprint density at radius 1 is 1.42 bits per heavy atom. The third kappa shape index (κ3) is 3.63. The number of hydrogen-bond donors (Lipinski definition) is 2. The Labute approximate surface area is 101 Å². The van der Waals surface area contributed by atoms with Gasteiger partial charge in [-0.25, -0.2) is 4.79 Å². The molecule has 0 saturated carbocycles. The summed E-state index contributed by atoms with van der Waals surface area (Å²) in [6, 6.07) is 6.58. The molecule has 0 heterocycles. The van der Waals surface area contributed by atoms with Crippen LogP contribution in [0.2, 0.25) is 0 Å². The van der Waals surface area contributed by atoms with E-state index in [0.717, 1.165) is 0 Å². The van der Waals surface area contributed by atoms with Crippen LogP contribution in [-0.4, -0.2) is 11.1 Å². The number of thiol groups is 1. The van der Waals surface area contributed by atoms with E-state index < -0.39 is 5.97 Å². The van der Waals surface area contributed by atoms with Crippen LogP contribution >= 0.6 is 12.6 Å². The Morgan fingerprint density at radius 2 is 1.92 bits per heavy atom. The summed E-state index contributed by atoms with van der Waals surface area (Å²) in [6.45, 7) is 0. The van der Waals surface area contributed by atoms with E-state index in [0.29, 0.717) is 4.90 Å². The van der Waals surface area contributed by atoms with Gasteiger partial charge >= 0.3 is 35.5 Å². The van der Waals surface area contributed by atoms with E-state index in [-0.39, 0.29) is 44.0 Å². The number of carbonyl (C=O) groups is 1. The fraction of sp³-hybridized carbons (Fsp3) is 0.125. The molecule has 0 atom stereocenters. The Bertz CT molecular complexity index is 268. The van der Waals surface area contributed by atoms with Gasteiger partial charge in [-0.1, -0.05) is 19.6 Å². The van der Waals surface area contributed by atoms with Crippen molar-refractivity contribution in [2.24, 2.45) is 0 Å². The second-order valence-electron chi connectivity index (χ2n) is 1.82. The number of benzene rings is 1. The molecule has 0 amide bonds. The topological polar surface area (TPSA) is 37.3 Å². The number of aromatic carboxylic acids is 1. The molecule has 0 fully saturated rings. The third-order valence-corrected chi connectivity index (χ3v) is 1.52. The van der Waals surface area contributed by atoms with Gasteiger partial charge in [-0.2, -0.15) is 0 Å². The van der Waals surface area contributed by atoms with Crippen molar-refractivity contribution in [1.82, 2.24) is 0 Å². The maximum absolute atomic E-state index is 10.4. The minimum absolute atomic E-state index is 0. The molecule has 2 nitrogen and oxygen atoms in total.